The zero-order valence-electron chi connectivity index (χ0n) is 9.90. The Morgan fingerprint density at radius 1 is 1.44 bits per heavy atom. The van der Waals surface area contributed by atoms with Crippen molar-refractivity contribution in [2.24, 2.45) is 0 Å². The highest BCUT2D eigenvalue weighted by molar-refractivity contribution is 5.17. The van der Waals surface area contributed by atoms with Crippen LogP contribution >= 0.6 is 0 Å². The van der Waals surface area contributed by atoms with Crippen molar-refractivity contribution in [1.82, 2.24) is 10.3 Å². The Morgan fingerprint density at radius 2 is 2.19 bits per heavy atom. The van der Waals surface area contributed by atoms with Gasteiger partial charge in [0.25, 0.3) is 0 Å². The van der Waals surface area contributed by atoms with E-state index in [1.165, 1.54) is 6.20 Å². The number of nitrogens with zero attached hydrogens (tertiary/aromatic N) is 1. The molecule has 1 heterocycles. The zero-order valence-corrected chi connectivity index (χ0v) is 9.90. The van der Waals surface area contributed by atoms with Crippen LogP contribution in [-0.2, 0) is 6.54 Å². The van der Waals surface area contributed by atoms with Gasteiger partial charge in [-0.25, -0.2) is 0 Å². The second kappa shape index (κ2) is 5.82. The van der Waals surface area contributed by atoms with Gasteiger partial charge in [0, 0.05) is 18.7 Å². The largest absolute Gasteiger partial charge is 0.506 e. The van der Waals surface area contributed by atoms with E-state index in [1.54, 1.807) is 12.1 Å². The van der Waals surface area contributed by atoms with E-state index < -0.39 is 0 Å². The third-order valence-corrected chi connectivity index (χ3v) is 2.95. The lowest BCUT2D eigenvalue weighted by molar-refractivity contribution is 0.214. The van der Waals surface area contributed by atoms with E-state index in [0.29, 0.717) is 6.54 Å². The molecule has 4 nitrogen and oxygen atoms in total. The Balaban J connectivity index is 2.52. The summed E-state index contributed by atoms with van der Waals surface area (Å²) in [6.45, 7) is 5.00. The van der Waals surface area contributed by atoms with Gasteiger partial charge < -0.3 is 15.5 Å². The van der Waals surface area contributed by atoms with Crippen LogP contribution in [0.5, 0.6) is 5.75 Å². The Hall–Kier alpha value is -1.13. The van der Waals surface area contributed by atoms with E-state index >= 15 is 0 Å². The number of hydrogen-bond acceptors (Lipinski definition) is 4. The molecule has 0 fully saturated rings. The number of aliphatic hydroxyl groups is 1. The fraction of sp³-hybridized carbons (Fsp3) is 0.583. The third-order valence-electron chi connectivity index (χ3n) is 2.95. The summed E-state index contributed by atoms with van der Waals surface area (Å²) >= 11 is 0. The first-order valence-corrected chi connectivity index (χ1v) is 5.59. The molecule has 0 saturated carbocycles. The van der Waals surface area contributed by atoms with Crippen molar-refractivity contribution in [3.8, 4) is 5.75 Å². The van der Waals surface area contributed by atoms with E-state index in [-0.39, 0.29) is 17.9 Å². The highest BCUT2D eigenvalue weighted by Crippen LogP contribution is 2.15. The fourth-order valence-electron chi connectivity index (χ4n) is 1.46. The van der Waals surface area contributed by atoms with Gasteiger partial charge in [-0.05, 0) is 31.9 Å². The molecule has 0 amide bonds. The maximum Gasteiger partial charge on any atom is 0.133 e. The van der Waals surface area contributed by atoms with Gasteiger partial charge in [0.05, 0.1) is 11.9 Å². The Labute approximate surface area is 96.3 Å². The molecule has 0 bridgehead atoms. The van der Waals surface area contributed by atoms with Crippen molar-refractivity contribution < 1.29 is 10.2 Å². The van der Waals surface area contributed by atoms with E-state index in [4.69, 9.17) is 10.2 Å². The molecule has 16 heavy (non-hydrogen) atoms. The molecule has 0 aliphatic carbocycles. The van der Waals surface area contributed by atoms with Crippen LogP contribution < -0.4 is 5.32 Å². The molecular formula is C12H20N2O2. The molecule has 1 rings (SSSR count). The summed E-state index contributed by atoms with van der Waals surface area (Å²) in [6.07, 6.45) is 3.11. The summed E-state index contributed by atoms with van der Waals surface area (Å²) in [5.41, 5.74) is 0.823. The number of aromatic hydroxyl groups is 1. The van der Waals surface area contributed by atoms with E-state index in [0.717, 1.165) is 18.5 Å². The lowest BCUT2D eigenvalue weighted by atomic mass is 9.95. The summed E-state index contributed by atoms with van der Waals surface area (Å²) < 4.78 is 0. The van der Waals surface area contributed by atoms with Crippen molar-refractivity contribution in [1.29, 1.82) is 0 Å². The van der Waals surface area contributed by atoms with Gasteiger partial charge >= 0.3 is 0 Å². The van der Waals surface area contributed by atoms with Crippen molar-refractivity contribution >= 4 is 0 Å². The van der Waals surface area contributed by atoms with E-state index in [1.807, 2.05) is 0 Å². The minimum atomic E-state index is -0.0612. The summed E-state index contributed by atoms with van der Waals surface area (Å²) in [7, 11) is 0. The van der Waals surface area contributed by atoms with Crippen LogP contribution in [0.4, 0.5) is 0 Å². The summed E-state index contributed by atoms with van der Waals surface area (Å²) in [4.78, 5) is 4.10. The monoisotopic (exact) mass is 224 g/mol. The first kappa shape index (κ1) is 12.9. The first-order chi connectivity index (χ1) is 7.59. The predicted octanol–water partition coefficient (Wildman–Crippen LogP) is 1.43. The van der Waals surface area contributed by atoms with Crippen LogP contribution in [0.25, 0.3) is 0 Å². The SMILES string of the molecule is CCC(C)(CCO)NCc1ccc(O)cn1. The van der Waals surface area contributed by atoms with Crippen molar-refractivity contribution in [3.05, 3.63) is 24.0 Å². The molecular weight excluding hydrogens is 204 g/mol. The van der Waals surface area contributed by atoms with Gasteiger partial charge in [-0.3, -0.25) is 4.98 Å². The second-order valence-corrected chi connectivity index (χ2v) is 4.25. The smallest absolute Gasteiger partial charge is 0.133 e. The van der Waals surface area contributed by atoms with Crippen LogP contribution in [-0.4, -0.2) is 27.3 Å². The average molecular weight is 224 g/mol. The molecule has 3 N–H and O–H groups in total. The molecule has 4 heteroatoms. The van der Waals surface area contributed by atoms with Gasteiger partial charge in [-0.1, -0.05) is 6.92 Å². The number of aromatic nitrogens is 1. The molecule has 0 aliphatic heterocycles. The quantitative estimate of drug-likeness (QED) is 0.684. The standard InChI is InChI=1S/C12H20N2O2/c1-3-12(2,6-7-15)14-8-10-4-5-11(16)9-13-10/h4-5,9,14-16H,3,6-8H2,1-2H3. The third kappa shape index (κ3) is 3.79. The summed E-state index contributed by atoms with van der Waals surface area (Å²) in [6, 6.07) is 3.41. The molecule has 1 aromatic rings. The van der Waals surface area contributed by atoms with E-state index in [9.17, 15) is 0 Å². The molecule has 0 spiro atoms. The maximum absolute atomic E-state index is 9.10. The summed E-state index contributed by atoms with van der Waals surface area (Å²) in [5, 5.41) is 21.5. The Morgan fingerprint density at radius 3 is 2.69 bits per heavy atom. The van der Waals surface area contributed by atoms with Gasteiger partial charge in [0.2, 0.25) is 0 Å². The van der Waals surface area contributed by atoms with Crippen LogP contribution in [0.15, 0.2) is 18.3 Å². The van der Waals surface area contributed by atoms with E-state index in [2.05, 4.69) is 24.1 Å². The molecule has 1 aromatic heterocycles. The number of nitrogens with one attached hydrogen (secondary N) is 1. The number of hydrogen-bond donors (Lipinski definition) is 3. The van der Waals surface area contributed by atoms with Crippen LogP contribution in [0.3, 0.4) is 0 Å². The van der Waals surface area contributed by atoms with Gasteiger partial charge in [0.15, 0.2) is 0 Å². The number of rotatable bonds is 6. The normalized spacial score (nSPS) is 14.7. The molecule has 0 saturated heterocycles. The van der Waals surface area contributed by atoms with Crippen LogP contribution in [0.2, 0.25) is 0 Å². The van der Waals surface area contributed by atoms with Gasteiger partial charge in [0.1, 0.15) is 5.75 Å². The first-order valence-electron chi connectivity index (χ1n) is 5.59. The lowest BCUT2D eigenvalue weighted by Crippen LogP contribution is -2.42. The minimum Gasteiger partial charge on any atom is -0.506 e. The topological polar surface area (TPSA) is 65.4 Å². The molecule has 1 atom stereocenters. The predicted molar refractivity (Wildman–Crippen MR) is 63.1 cm³/mol. The highest BCUT2D eigenvalue weighted by Gasteiger charge is 2.20. The molecule has 0 radical (unpaired) electrons. The molecule has 1 unspecified atom stereocenters. The lowest BCUT2D eigenvalue weighted by Gasteiger charge is -2.29. The minimum absolute atomic E-state index is 0.0612. The Bertz CT molecular complexity index is 313. The number of aliphatic hydroxyl groups excluding tert-OH is 1. The fourth-order valence-corrected chi connectivity index (χ4v) is 1.46. The van der Waals surface area contributed by atoms with Crippen LogP contribution in [0.1, 0.15) is 32.4 Å². The van der Waals surface area contributed by atoms with Crippen molar-refractivity contribution in [2.45, 2.75) is 38.8 Å². The molecule has 0 aromatic carbocycles. The van der Waals surface area contributed by atoms with Crippen molar-refractivity contribution in [3.63, 3.8) is 0 Å². The van der Waals surface area contributed by atoms with Gasteiger partial charge in [-0.2, -0.15) is 0 Å². The van der Waals surface area contributed by atoms with Crippen molar-refractivity contribution in [2.75, 3.05) is 6.61 Å². The Kier molecular flexibility index (Phi) is 4.71. The second-order valence-electron chi connectivity index (χ2n) is 4.25. The molecule has 90 valence electrons. The highest BCUT2D eigenvalue weighted by atomic mass is 16.3. The molecule has 0 aliphatic rings. The number of pyridine rings is 1. The van der Waals surface area contributed by atoms with Crippen LogP contribution in [0, 0.1) is 0 Å². The maximum atomic E-state index is 9.10. The summed E-state index contributed by atoms with van der Waals surface area (Å²) in [5.74, 6) is 0.178. The average Bonchev–Trinajstić information content (AvgIpc) is 2.29. The van der Waals surface area contributed by atoms with Gasteiger partial charge in [-0.15, -0.1) is 0 Å². The zero-order chi connectivity index (χ0) is 12.0.